The van der Waals surface area contributed by atoms with Crippen LogP contribution in [0.15, 0.2) is 88.8 Å². The molecule has 150 valence electrons. The molecule has 5 nitrogen and oxygen atoms in total. The van der Waals surface area contributed by atoms with E-state index >= 15 is 0 Å². The Morgan fingerprint density at radius 3 is 2.53 bits per heavy atom. The fraction of sp³-hybridized carbons (Fsp3) is 0.167. The van der Waals surface area contributed by atoms with Gasteiger partial charge in [0.1, 0.15) is 5.69 Å². The zero-order chi connectivity index (χ0) is 20.3. The van der Waals surface area contributed by atoms with Gasteiger partial charge in [-0.1, -0.05) is 65.5 Å². The minimum absolute atomic E-state index is 0.446. The third-order valence-electron chi connectivity index (χ3n) is 5.12. The first kappa shape index (κ1) is 18.9. The van der Waals surface area contributed by atoms with Crippen LogP contribution in [0.4, 0.5) is 11.4 Å². The van der Waals surface area contributed by atoms with Gasteiger partial charge in [0.05, 0.1) is 37.3 Å². The van der Waals surface area contributed by atoms with Gasteiger partial charge in [-0.25, -0.2) is 4.68 Å². The molecule has 1 aliphatic heterocycles. The molecule has 6 heteroatoms. The van der Waals surface area contributed by atoms with E-state index in [4.69, 9.17) is 4.74 Å². The van der Waals surface area contributed by atoms with Crippen LogP contribution < -0.4 is 4.90 Å². The average Bonchev–Trinajstić information content (AvgIpc) is 3.21. The molecule has 5 rings (SSSR count). The first-order valence-electron chi connectivity index (χ1n) is 9.90. The van der Waals surface area contributed by atoms with E-state index in [9.17, 15) is 0 Å². The molecule has 0 N–H and O–H groups in total. The predicted octanol–water partition coefficient (Wildman–Crippen LogP) is 5.28. The molecule has 1 aliphatic rings. The van der Waals surface area contributed by atoms with E-state index in [0.29, 0.717) is 19.8 Å². The SMILES string of the molecule is CN1c2ccccc2Sc2cc(COCc3cn(Cc4ccccc4)nn3)ccc21. The minimum Gasteiger partial charge on any atom is -0.370 e. The van der Waals surface area contributed by atoms with E-state index in [1.54, 1.807) is 0 Å². The standard InChI is InChI=1S/C24H22N4OS/c1-27-21-9-5-6-10-23(21)30-24-13-19(11-12-22(24)27)16-29-17-20-15-28(26-25-20)14-18-7-3-2-4-8-18/h2-13,15H,14,16-17H2,1H3. The lowest BCUT2D eigenvalue weighted by molar-refractivity contribution is 0.104. The average molecular weight is 415 g/mol. The molecule has 30 heavy (non-hydrogen) atoms. The summed E-state index contributed by atoms with van der Waals surface area (Å²) in [6.07, 6.45) is 1.95. The van der Waals surface area contributed by atoms with E-state index in [0.717, 1.165) is 11.3 Å². The summed E-state index contributed by atoms with van der Waals surface area (Å²) in [7, 11) is 2.12. The van der Waals surface area contributed by atoms with Crippen LogP contribution in [0.1, 0.15) is 16.8 Å². The van der Waals surface area contributed by atoms with E-state index < -0.39 is 0 Å². The van der Waals surface area contributed by atoms with Crippen molar-refractivity contribution in [2.45, 2.75) is 29.5 Å². The van der Waals surface area contributed by atoms with Crippen molar-refractivity contribution in [3.05, 3.63) is 95.8 Å². The van der Waals surface area contributed by atoms with Crippen molar-refractivity contribution in [2.24, 2.45) is 0 Å². The molecule has 0 aliphatic carbocycles. The van der Waals surface area contributed by atoms with Gasteiger partial charge in [-0.2, -0.15) is 0 Å². The van der Waals surface area contributed by atoms with Crippen LogP contribution in [0.5, 0.6) is 0 Å². The van der Waals surface area contributed by atoms with Crippen LogP contribution in [-0.4, -0.2) is 22.0 Å². The molecule has 0 radical (unpaired) electrons. The summed E-state index contributed by atoms with van der Waals surface area (Å²) in [5.74, 6) is 0. The zero-order valence-electron chi connectivity index (χ0n) is 16.7. The maximum Gasteiger partial charge on any atom is 0.108 e. The second-order valence-corrected chi connectivity index (χ2v) is 8.40. The van der Waals surface area contributed by atoms with Gasteiger partial charge in [-0.3, -0.25) is 0 Å². The van der Waals surface area contributed by atoms with E-state index in [-0.39, 0.29) is 0 Å². The van der Waals surface area contributed by atoms with Crippen molar-refractivity contribution in [3.63, 3.8) is 0 Å². The van der Waals surface area contributed by atoms with E-state index in [2.05, 4.69) is 76.9 Å². The molecule has 3 aromatic carbocycles. The fourth-order valence-corrected chi connectivity index (χ4v) is 4.81. The molecular formula is C24H22N4OS. The Kier molecular flexibility index (Phi) is 5.26. The molecular weight excluding hydrogens is 392 g/mol. The molecule has 0 atom stereocenters. The third kappa shape index (κ3) is 3.97. The first-order valence-corrected chi connectivity index (χ1v) is 10.7. The number of para-hydroxylation sites is 1. The summed E-state index contributed by atoms with van der Waals surface area (Å²) in [5, 5.41) is 8.43. The van der Waals surface area contributed by atoms with Crippen molar-refractivity contribution >= 4 is 23.1 Å². The first-order chi connectivity index (χ1) is 14.8. The second-order valence-electron chi connectivity index (χ2n) is 7.32. The summed E-state index contributed by atoms with van der Waals surface area (Å²) in [4.78, 5) is 4.78. The van der Waals surface area contributed by atoms with E-state index in [1.807, 2.05) is 40.8 Å². The topological polar surface area (TPSA) is 43.2 Å². The predicted molar refractivity (Wildman–Crippen MR) is 119 cm³/mol. The van der Waals surface area contributed by atoms with Gasteiger partial charge in [0.2, 0.25) is 0 Å². The molecule has 0 amide bonds. The molecule has 4 aromatic rings. The van der Waals surface area contributed by atoms with Crippen LogP contribution >= 0.6 is 11.8 Å². The van der Waals surface area contributed by atoms with Crippen LogP contribution in [-0.2, 0) is 24.5 Å². The third-order valence-corrected chi connectivity index (χ3v) is 6.24. The maximum absolute atomic E-state index is 5.92. The Morgan fingerprint density at radius 2 is 1.63 bits per heavy atom. The number of nitrogens with zero attached hydrogens (tertiary/aromatic N) is 4. The smallest absolute Gasteiger partial charge is 0.108 e. The number of benzene rings is 3. The summed E-state index contributed by atoms with van der Waals surface area (Å²) < 4.78 is 7.76. The summed E-state index contributed by atoms with van der Waals surface area (Å²) in [5.41, 5.74) is 5.68. The van der Waals surface area contributed by atoms with Gasteiger partial charge in [0.25, 0.3) is 0 Å². The molecule has 1 aromatic heterocycles. The maximum atomic E-state index is 5.92. The van der Waals surface area contributed by atoms with Gasteiger partial charge in [0, 0.05) is 16.8 Å². The van der Waals surface area contributed by atoms with Crippen LogP contribution in [0.25, 0.3) is 0 Å². The highest BCUT2D eigenvalue weighted by atomic mass is 32.2. The van der Waals surface area contributed by atoms with Gasteiger partial charge in [-0.15, -0.1) is 5.10 Å². The minimum atomic E-state index is 0.446. The molecule has 2 heterocycles. The van der Waals surface area contributed by atoms with Crippen LogP contribution in [0.2, 0.25) is 0 Å². The fourth-order valence-electron chi connectivity index (χ4n) is 3.60. The lowest BCUT2D eigenvalue weighted by atomic mass is 10.2. The number of ether oxygens (including phenoxy) is 1. The van der Waals surface area contributed by atoms with Gasteiger partial charge in [-0.05, 0) is 35.4 Å². The molecule has 0 saturated heterocycles. The lowest BCUT2D eigenvalue weighted by Gasteiger charge is -2.29. The summed E-state index contributed by atoms with van der Waals surface area (Å²) >= 11 is 1.81. The molecule has 0 fully saturated rings. The van der Waals surface area contributed by atoms with E-state index in [1.165, 1.54) is 26.7 Å². The Balaban J connectivity index is 1.20. The monoisotopic (exact) mass is 414 g/mol. The van der Waals surface area contributed by atoms with Gasteiger partial charge < -0.3 is 9.64 Å². The van der Waals surface area contributed by atoms with Crippen molar-refractivity contribution < 1.29 is 4.74 Å². The number of aromatic nitrogens is 3. The number of hydrogen-bond donors (Lipinski definition) is 0. The number of fused-ring (bicyclic) bond motifs is 2. The van der Waals surface area contributed by atoms with Crippen LogP contribution in [0, 0.1) is 0 Å². The van der Waals surface area contributed by atoms with Crippen molar-refractivity contribution in [3.8, 4) is 0 Å². The molecule has 0 saturated carbocycles. The Labute approximate surface area is 180 Å². The molecule has 0 spiro atoms. The van der Waals surface area contributed by atoms with Gasteiger partial charge >= 0.3 is 0 Å². The largest absolute Gasteiger partial charge is 0.370 e. The number of anilines is 2. The number of hydrogen-bond acceptors (Lipinski definition) is 5. The summed E-state index contributed by atoms with van der Waals surface area (Å²) in [6, 6.07) is 25.3. The van der Waals surface area contributed by atoms with Gasteiger partial charge in [0.15, 0.2) is 0 Å². The highest BCUT2D eigenvalue weighted by Crippen LogP contribution is 2.47. The Bertz CT molecular complexity index is 1160. The highest BCUT2D eigenvalue weighted by Gasteiger charge is 2.20. The Morgan fingerprint density at radius 1 is 0.833 bits per heavy atom. The van der Waals surface area contributed by atoms with Crippen molar-refractivity contribution in [1.29, 1.82) is 0 Å². The van der Waals surface area contributed by atoms with Crippen molar-refractivity contribution in [2.75, 3.05) is 11.9 Å². The normalized spacial score (nSPS) is 12.5. The van der Waals surface area contributed by atoms with Crippen molar-refractivity contribution in [1.82, 2.24) is 15.0 Å². The molecule has 0 unspecified atom stereocenters. The Hall–Kier alpha value is -3.09. The lowest BCUT2D eigenvalue weighted by Crippen LogP contribution is -2.14. The molecule has 0 bridgehead atoms. The highest BCUT2D eigenvalue weighted by molar-refractivity contribution is 7.99. The quantitative estimate of drug-likeness (QED) is 0.430. The van der Waals surface area contributed by atoms with Crippen LogP contribution in [0.3, 0.4) is 0 Å². The summed E-state index contributed by atoms with van der Waals surface area (Å²) in [6.45, 7) is 1.71. The number of rotatable bonds is 6. The second kappa shape index (κ2) is 8.34. The zero-order valence-corrected chi connectivity index (χ0v) is 17.5.